The van der Waals surface area contributed by atoms with Crippen molar-refractivity contribution in [3.63, 3.8) is 0 Å². The first kappa shape index (κ1) is 22.6. The maximum atomic E-state index is 6.61. The molecule has 1 unspecified atom stereocenters. The Bertz CT molecular complexity index is 1180. The molecule has 0 spiro atoms. The predicted octanol–water partition coefficient (Wildman–Crippen LogP) is 5.64. The molecule has 0 aliphatic carbocycles. The summed E-state index contributed by atoms with van der Waals surface area (Å²) in [5.41, 5.74) is 8.57. The summed E-state index contributed by atoms with van der Waals surface area (Å²) < 4.78 is 11.9. The number of piperazine rings is 1. The number of benzene rings is 2. The van der Waals surface area contributed by atoms with Crippen LogP contribution in [0.2, 0.25) is 0 Å². The number of pyridine rings is 1. The predicted molar refractivity (Wildman–Crippen MR) is 139 cm³/mol. The highest BCUT2D eigenvalue weighted by Crippen LogP contribution is 2.53. The quantitative estimate of drug-likeness (QED) is 0.506. The van der Waals surface area contributed by atoms with E-state index in [9.17, 15) is 0 Å². The van der Waals surface area contributed by atoms with Crippen LogP contribution in [0.5, 0.6) is 11.5 Å². The smallest absolute Gasteiger partial charge is 0.127 e. The second-order valence-electron chi connectivity index (χ2n) is 10.0. The van der Waals surface area contributed by atoms with Gasteiger partial charge in [-0.2, -0.15) is 0 Å². The summed E-state index contributed by atoms with van der Waals surface area (Å²) in [6.07, 6.45) is 1.89. The zero-order valence-corrected chi connectivity index (χ0v) is 21.2. The molecule has 0 saturated carbocycles. The van der Waals surface area contributed by atoms with Crippen LogP contribution in [0.3, 0.4) is 0 Å². The first-order chi connectivity index (χ1) is 16.3. The van der Waals surface area contributed by atoms with Gasteiger partial charge in [0, 0.05) is 49.3 Å². The molecule has 1 fully saturated rings. The Morgan fingerprint density at radius 1 is 0.882 bits per heavy atom. The molecule has 1 aromatic heterocycles. The van der Waals surface area contributed by atoms with Gasteiger partial charge in [0.1, 0.15) is 17.1 Å². The van der Waals surface area contributed by atoms with Gasteiger partial charge in [-0.05, 0) is 87.7 Å². The number of hydrogen-bond donors (Lipinski definition) is 0. The maximum Gasteiger partial charge on any atom is 0.127 e. The second-order valence-corrected chi connectivity index (χ2v) is 10.0. The van der Waals surface area contributed by atoms with Gasteiger partial charge in [-0.15, -0.1) is 0 Å². The zero-order chi connectivity index (χ0) is 24.0. The molecule has 2 aliphatic heterocycles. The molecule has 0 amide bonds. The van der Waals surface area contributed by atoms with Gasteiger partial charge in [0.25, 0.3) is 0 Å². The van der Waals surface area contributed by atoms with Crippen LogP contribution in [-0.4, -0.2) is 43.9 Å². The number of nitrogens with zero attached hydrogens (tertiary/aromatic N) is 3. The molecule has 0 bridgehead atoms. The van der Waals surface area contributed by atoms with Gasteiger partial charge in [-0.25, -0.2) is 0 Å². The van der Waals surface area contributed by atoms with Crippen molar-refractivity contribution < 1.29 is 9.47 Å². The van der Waals surface area contributed by atoms with Crippen LogP contribution in [0, 0.1) is 20.8 Å². The summed E-state index contributed by atoms with van der Waals surface area (Å²) in [6.45, 7) is 15.1. The van der Waals surface area contributed by atoms with Crippen LogP contribution in [-0.2, 0) is 0 Å². The fourth-order valence-electron chi connectivity index (χ4n) is 5.78. The van der Waals surface area contributed by atoms with E-state index >= 15 is 0 Å². The summed E-state index contributed by atoms with van der Waals surface area (Å²) >= 11 is 0. The third-order valence-electron chi connectivity index (χ3n) is 7.63. The molecule has 5 nitrogen and oxygen atoms in total. The van der Waals surface area contributed by atoms with Crippen molar-refractivity contribution >= 4 is 11.4 Å². The molecule has 34 heavy (non-hydrogen) atoms. The van der Waals surface area contributed by atoms with E-state index in [-0.39, 0.29) is 11.5 Å². The molecule has 3 aromatic rings. The third kappa shape index (κ3) is 3.67. The Hall–Kier alpha value is -3.21. The fourth-order valence-corrected chi connectivity index (χ4v) is 5.78. The highest BCUT2D eigenvalue weighted by Gasteiger charge is 2.46. The lowest BCUT2D eigenvalue weighted by atomic mass is 9.80. The van der Waals surface area contributed by atoms with Gasteiger partial charge in [-0.3, -0.25) is 4.98 Å². The first-order valence-electron chi connectivity index (χ1n) is 12.2. The van der Waals surface area contributed by atoms with Crippen LogP contribution in [0.1, 0.15) is 47.7 Å². The molecule has 1 saturated heterocycles. The topological polar surface area (TPSA) is 37.8 Å². The van der Waals surface area contributed by atoms with E-state index in [2.05, 4.69) is 68.7 Å². The lowest BCUT2D eigenvalue weighted by Gasteiger charge is -2.39. The van der Waals surface area contributed by atoms with Gasteiger partial charge >= 0.3 is 0 Å². The van der Waals surface area contributed by atoms with Crippen molar-refractivity contribution in [1.82, 2.24) is 4.98 Å². The summed E-state index contributed by atoms with van der Waals surface area (Å²) in [5, 5.41) is 0. The Kier molecular flexibility index (Phi) is 5.67. The normalized spacial score (nSPS) is 19.1. The second kappa shape index (κ2) is 8.53. The van der Waals surface area contributed by atoms with E-state index in [1.54, 1.807) is 7.11 Å². The van der Waals surface area contributed by atoms with Crippen molar-refractivity contribution in [2.75, 3.05) is 43.1 Å². The van der Waals surface area contributed by atoms with Gasteiger partial charge in [0.2, 0.25) is 0 Å². The molecule has 2 aliphatic rings. The van der Waals surface area contributed by atoms with E-state index in [0.29, 0.717) is 0 Å². The minimum atomic E-state index is -0.343. The number of fused-ring (bicyclic) bond motifs is 1. The van der Waals surface area contributed by atoms with E-state index in [1.165, 1.54) is 33.6 Å². The average Bonchev–Trinajstić information content (AvgIpc) is 3.15. The van der Waals surface area contributed by atoms with Crippen LogP contribution >= 0.6 is 0 Å². The zero-order valence-electron chi connectivity index (χ0n) is 21.2. The van der Waals surface area contributed by atoms with Gasteiger partial charge < -0.3 is 19.3 Å². The molecule has 1 atom stereocenters. The summed E-state index contributed by atoms with van der Waals surface area (Å²) in [6, 6.07) is 14.6. The highest BCUT2D eigenvalue weighted by atomic mass is 16.5. The van der Waals surface area contributed by atoms with Crippen LogP contribution in [0.4, 0.5) is 11.4 Å². The van der Waals surface area contributed by atoms with Crippen molar-refractivity contribution in [1.29, 1.82) is 0 Å². The fraction of sp³-hybridized carbons (Fsp3) is 0.414. The number of methoxy groups -OCH3 is 1. The van der Waals surface area contributed by atoms with E-state index in [1.807, 2.05) is 24.4 Å². The lowest BCUT2D eigenvalue weighted by Crippen LogP contribution is -2.47. The number of hydrogen-bond acceptors (Lipinski definition) is 5. The van der Waals surface area contributed by atoms with Gasteiger partial charge in [0.05, 0.1) is 18.7 Å². The van der Waals surface area contributed by atoms with Gasteiger partial charge in [-0.1, -0.05) is 6.07 Å². The summed E-state index contributed by atoms with van der Waals surface area (Å²) in [4.78, 5) is 9.77. The molecule has 0 N–H and O–H groups in total. The highest BCUT2D eigenvalue weighted by molar-refractivity contribution is 5.72. The molecule has 5 rings (SSSR count). The maximum absolute atomic E-state index is 6.61. The molecule has 3 heterocycles. The van der Waals surface area contributed by atoms with Crippen LogP contribution in [0.25, 0.3) is 0 Å². The number of ether oxygens (including phenoxy) is 2. The molecule has 0 radical (unpaired) electrons. The third-order valence-corrected chi connectivity index (χ3v) is 7.63. The summed E-state index contributed by atoms with van der Waals surface area (Å²) in [5.74, 6) is 2.06. The Balaban J connectivity index is 1.48. The van der Waals surface area contributed by atoms with Crippen molar-refractivity contribution in [2.45, 2.75) is 46.1 Å². The van der Waals surface area contributed by atoms with Crippen LogP contribution < -0.4 is 19.3 Å². The first-order valence-corrected chi connectivity index (χ1v) is 12.2. The minimum Gasteiger partial charge on any atom is -0.497 e. The van der Waals surface area contributed by atoms with E-state index in [0.717, 1.165) is 43.4 Å². The number of rotatable bonds is 4. The average molecular weight is 458 g/mol. The van der Waals surface area contributed by atoms with E-state index < -0.39 is 0 Å². The van der Waals surface area contributed by atoms with Crippen LogP contribution in [0.15, 0.2) is 48.7 Å². The molecular formula is C29H35N3O2. The Morgan fingerprint density at radius 2 is 1.56 bits per heavy atom. The lowest BCUT2D eigenvalue weighted by molar-refractivity contribution is 0.120. The molecule has 2 aromatic carbocycles. The molecular weight excluding hydrogens is 422 g/mol. The number of anilines is 2. The van der Waals surface area contributed by atoms with Crippen molar-refractivity contribution in [3.05, 3.63) is 76.6 Å². The minimum absolute atomic E-state index is 0.113. The van der Waals surface area contributed by atoms with Gasteiger partial charge in [0.15, 0.2) is 0 Å². The monoisotopic (exact) mass is 457 g/mol. The summed E-state index contributed by atoms with van der Waals surface area (Å²) in [7, 11) is 1.71. The molecule has 5 heteroatoms. The van der Waals surface area contributed by atoms with Crippen molar-refractivity contribution in [2.24, 2.45) is 0 Å². The SMILES string of the molecule is COc1ccc(N2CCN(c3c(C)c(C)c4c(c3C)C(c3ccccn3)C(C)(C)O4)CC2)cc1. The van der Waals surface area contributed by atoms with Crippen molar-refractivity contribution in [3.8, 4) is 11.5 Å². The number of aromatic nitrogens is 1. The Labute approximate surface area is 203 Å². The van der Waals surface area contributed by atoms with E-state index in [4.69, 9.17) is 14.5 Å². The Morgan fingerprint density at radius 3 is 2.18 bits per heavy atom. The molecule has 178 valence electrons. The standard InChI is InChI=1S/C29H35N3O2/c1-19-20(2)28-25(26(29(4,5)34-28)24-9-7-8-14-30-24)21(3)27(19)32-17-15-31(16-18-32)22-10-12-23(33-6)13-11-22/h7-14,26H,15-18H2,1-6H3. The largest absolute Gasteiger partial charge is 0.497 e.